The lowest BCUT2D eigenvalue weighted by Gasteiger charge is -2.09. The minimum atomic E-state index is -4.44. The van der Waals surface area contributed by atoms with Gasteiger partial charge in [-0.05, 0) is 42.8 Å². The molecule has 0 saturated heterocycles. The average Bonchev–Trinajstić information content (AvgIpc) is 2.61. The predicted molar refractivity (Wildman–Crippen MR) is 90.9 cm³/mol. The van der Waals surface area contributed by atoms with Crippen LogP contribution >= 0.6 is 0 Å². The number of rotatable bonds is 6. The Kier molecular flexibility index (Phi) is 6.32. The van der Waals surface area contributed by atoms with Gasteiger partial charge >= 0.3 is 6.18 Å². The molecule has 0 aliphatic carbocycles. The van der Waals surface area contributed by atoms with Gasteiger partial charge in [0.2, 0.25) is 0 Å². The van der Waals surface area contributed by atoms with Crippen molar-refractivity contribution < 1.29 is 22.8 Å². The first-order valence-electron chi connectivity index (χ1n) is 8.04. The molecule has 8 heteroatoms. The number of carbonyl (C=O) groups excluding carboxylic acids is 2. The summed E-state index contributed by atoms with van der Waals surface area (Å²) in [5, 5.41) is 5.19. The lowest BCUT2D eigenvalue weighted by atomic mass is 10.2. The van der Waals surface area contributed by atoms with Crippen LogP contribution in [0.15, 0.2) is 42.6 Å². The number of hydrogen-bond donors (Lipinski definition) is 2. The Labute approximate surface area is 148 Å². The molecule has 0 fully saturated rings. The number of halogens is 3. The third-order valence-electron chi connectivity index (χ3n) is 3.54. The second kappa shape index (κ2) is 8.46. The summed E-state index contributed by atoms with van der Waals surface area (Å²) in [6, 6.07) is 6.88. The molecule has 2 rings (SSSR count). The number of nitrogens with one attached hydrogen (secondary N) is 2. The van der Waals surface area contributed by atoms with E-state index in [4.69, 9.17) is 0 Å². The van der Waals surface area contributed by atoms with Crippen molar-refractivity contribution in [3.8, 4) is 0 Å². The van der Waals surface area contributed by atoms with Crippen molar-refractivity contribution in [1.82, 2.24) is 10.3 Å². The van der Waals surface area contributed by atoms with Crippen LogP contribution < -0.4 is 10.6 Å². The van der Waals surface area contributed by atoms with E-state index in [2.05, 4.69) is 15.6 Å². The van der Waals surface area contributed by atoms with Crippen LogP contribution in [0.2, 0.25) is 0 Å². The van der Waals surface area contributed by atoms with Crippen LogP contribution in [-0.2, 0) is 6.18 Å². The molecular formula is C18H18F3N3O2. The smallest absolute Gasteiger partial charge is 0.352 e. The van der Waals surface area contributed by atoms with Crippen LogP contribution in [0.4, 0.5) is 18.9 Å². The van der Waals surface area contributed by atoms with Crippen LogP contribution in [0, 0.1) is 0 Å². The van der Waals surface area contributed by atoms with Gasteiger partial charge < -0.3 is 10.6 Å². The Morgan fingerprint density at radius 2 is 1.77 bits per heavy atom. The fourth-order valence-electron chi connectivity index (χ4n) is 2.11. The number of benzene rings is 1. The lowest BCUT2D eigenvalue weighted by Crippen LogP contribution is -2.25. The number of amides is 2. The Hall–Kier alpha value is -2.90. The van der Waals surface area contributed by atoms with Crippen LogP contribution in [0.5, 0.6) is 0 Å². The minimum absolute atomic E-state index is 0.00644. The Balaban J connectivity index is 2.05. The van der Waals surface area contributed by atoms with Gasteiger partial charge in [-0.1, -0.05) is 13.3 Å². The highest BCUT2D eigenvalue weighted by Crippen LogP contribution is 2.29. The standard InChI is InChI=1S/C18H18F3N3O2/c1-2-3-9-23-16(25)12-8-10-22-15(11-12)17(26)24-14-6-4-13(5-7-14)18(19,20)21/h4-8,10-11H,2-3,9H2,1H3,(H,23,25)(H,24,26). The van der Waals surface area contributed by atoms with Gasteiger partial charge in [0.25, 0.3) is 11.8 Å². The van der Waals surface area contributed by atoms with Crippen molar-refractivity contribution in [3.63, 3.8) is 0 Å². The average molecular weight is 365 g/mol. The molecule has 5 nitrogen and oxygen atoms in total. The summed E-state index contributed by atoms with van der Waals surface area (Å²) < 4.78 is 37.6. The molecule has 0 atom stereocenters. The first-order chi connectivity index (χ1) is 12.3. The number of pyridine rings is 1. The first-order valence-corrected chi connectivity index (χ1v) is 8.04. The molecule has 0 unspecified atom stereocenters. The number of anilines is 1. The van der Waals surface area contributed by atoms with Crippen molar-refractivity contribution in [1.29, 1.82) is 0 Å². The van der Waals surface area contributed by atoms with Gasteiger partial charge in [0.1, 0.15) is 5.69 Å². The summed E-state index contributed by atoms with van der Waals surface area (Å²) >= 11 is 0. The van der Waals surface area contributed by atoms with Gasteiger partial charge in [-0.2, -0.15) is 13.2 Å². The maximum absolute atomic E-state index is 12.5. The zero-order valence-electron chi connectivity index (χ0n) is 14.1. The van der Waals surface area contributed by atoms with Crippen molar-refractivity contribution in [2.75, 3.05) is 11.9 Å². The Morgan fingerprint density at radius 1 is 1.08 bits per heavy atom. The monoisotopic (exact) mass is 365 g/mol. The second-order valence-corrected chi connectivity index (χ2v) is 5.57. The minimum Gasteiger partial charge on any atom is -0.352 e. The zero-order valence-corrected chi connectivity index (χ0v) is 14.1. The Bertz CT molecular complexity index is 774. The van der Waals surface area contributed by atoms with E-state index in [0.717, 1.165) is 37.1 Å². The summed E-state index contributed by atoms with van der Waals surface area (Å²) in [5.74, 6) is -0.933. The quantitative estimate of drug-likeness (QED) is 0.763. The molecule has 0 aliphatic heterocycles. The summed E-state index contributed by atoms with van der Waals surface area (Å²) in [6.07, 6.45) is -1.32. The molecule has 0 saturated carbocycles. The number of unbranched alkanes of at least 4 members (excludes halogenated alkanes) is 1. The maximum atomic E-state index is 12.5. The molecule has 26 heavy (non-hydrogen) atoms. The highest BCUT2D eigenvalue weighted by atomic mass is 19.4. The maximum Gasteiger partial charge on any atom is 0.416 e. The summed E-state index contributed by atoms with van der Waals surface area (Å²) in [6.45, 7) is 2.53. The SMILES string of the molecule is CCCCNC(=O)c1ccnc(C(=O)Nc2ccc(C(F)(F)F)cc2)c1. The molecule has 1 aromatic heterocycles. The third kappa shape index (κ3) is 5.30. The number of carbonyl (C=O) groups is 2. The van der Waals surface area contributed by atoms with E-state index in [-0.39, 0.29) is 22.9 Å². The lowest BCUT2D eigenvalue weighted by molar-refractivity contribution is -0.137. The van der Waals surface area contributed by atoms with Crippen LogP contribution in [0.1, 0.15) is 46.2 Å². The molecule has 2 amide bonds. The fraction of sp³-hybridized carbons (Fsp3) is 0.278. The van der Waals surface area contributed by atoms with E-state index < -0.39 is 17.6 Å². The van der Waals surface area contributed by atoms with E-state index in [1.165, 1.54) is 18.3 Å². The molecule has 0 spiro atoms. The summed E-state index contributed by atoms with van der Waals surface area (Å²) in [7, 11) is 0. The molecule has 1 heterocycles. The molecule has 138 valence electrons. The van der Waals surface area contributed by atoms with Crippen molar-refractivity contribution in [2.24, 2.45) is 0 Å². The van der Waals surface area contributed by atoms with E-state index in [1.807, 2.05) is 6.92 Å². The molecule has 0 bridgehead atoms. The zero-order chi connectivity index (χ0) is 19.2. The highest BCUT2D eigenvalue weighted by Gasteiger charge is 2.30. The Morgan fingerprint density at radius 3 is 2.38 bits per heavy atom. The number of aromatic nitrogens is 1. The van der Waals surface area contributed by atoms with Crippen molar-refractivity contribution >= 4 is 17.5 Å². The largest absolute Gasteiger partial charge is 0.416 e. The number of nitrogens with zero attached hydrogens (tertiary/aromatic N) is 1. The molecule has 0 aliphatic rings. The van der Waals surface area contributed by atoms with Crippen molar-refractivity contribution in [2.45, 2.75) is 25.9 Å². The van der Waals surface area contributed by atoms with Gasteiger partial charge in [-0.25, -0.2) is 0 Å². The fourth-order valence-corrected chi connectivity index (χ4v) is 2.11. The number of hydrogen-bond acceptors (Lipinski definition) is 3. The van der Waals surface area contributed by atoms with Gasteiger partial charge in [0, 0.05) is 24.0 Å². The van der Waals surface area contributed by atoms with E-state index in [1.54, 1.807) is 0 Å². The first kappa shape index (κ1) is 19.4. The third-order valence-corrected chi connectivity index (χ3v) is 3.54. The van der Waals surface area contributed by atoms with Gasteiger partial charge in [0.05, 0.1) is 5.56 Å². The normalized spacial score (nSPS) is 11.1. The van der Waals surface area contributed by atoms with Crippen LogP contribution in [0.25, 0.3) is 0 Å². The molecule has 0 radical (unpaired) electrons. The molecule has 2 aromatic rings. The predicted octanol–water partition coefficient (Wildman–Crippen LogP) is 3.88. The molecular weight excluding hydrogens is 347 g/mol. The van der Waals surface area contributed by atoms with Gasteiger partial charge in [-0.15, -0.1) is 0 Å². The summed E-state index contributed by atoms with van der Waals surface area (Å²) in [5.41, 5.74) is -0.330. The molecule has 1 aromatic carbocycles. The van der Waals surface area contributed by atoms with E-state index >= 15 is 0 Å². The van der Waals surface area contributed by atoms with E-state index in [0.29, 0.717) is 6.54 Å². The topological polar surface area (TPSA) is 71.1 Å². The summed E-state index contributed by atoms with van der Waals surface area (Å²) in [4.78, 5) is 28.1. The van der Waals surface area contributed by atoms with Crippen LogP contribution in [0.3, 0.4) is 0 Å². The van der Waals surface area contributed by atoms with Gasteiger partial charge in [0.15, 0.2) is 0 Å². The second-order valence-electron chi connectivity index (χ2n) is 5.57. The van der Waals surface area contributed by atoms with E-state index in [9.17, 15) is 22.8 Å². The molecule has 2 N–H and O–H groups in total. The number of alkyl halides is 3. The highest BCUT2D eigenvalue weighted by molar-refractivity contribution is 6.04. The van der Waals surface area contributed by atoms with Crippen molar-refractivity contribution in [3.05, 3.63) is 59.4 Å². The van der Waals surface area contributed by atoms with Gasteiger partial charge in [-0.3, -0.25) is 14.6 Å². The van der Waals surface area contributed by atoms with Crippen LogP contribution in [-0.4, -0.2) is 23.3 Å².